The summed E-state index contributed by atoms with van der Waals surface area (Å²) >= 11 is 11.9. The molecule has 0 radical (unpaired) electrons. The number of nitrogens with zero attached hydrogens (tertiary/aromatic N) is 1. The SMILES string of the molecule is CN(Cc1cc(Cl)cc(Cl)c1)C(=O)C1CCNC1.Cl. The first-order chi connectivity index (χ1) is 8.56. The van der Waals surface area contributed by atoms with Crippen molar-refractivity contribution in [2.24, 2.45) is 5.92 Å². The number of carbonyl (C=O) groups excluding carboxylic acids is 1. The van der Waals surface area contributed by atoms with Crippen molar-refractivity contribution in [3.8, 4) is 0 Å². The molecule has 1 saturated heterocycles. The molecule has 1 fully saturated rings. The number of nitrogens with one attached hydrogen (secondary N) is 1. The number of amides is 1. The van der Waals surface area contributed by atoms with Gasteiger partial charge in [-0.15, -0.1) is 12.4 Å². The minimum atomic E-state index is 0. The molecule has 1 heterocycles. The Morgan fingerprint density at radius 1 is 1.37 bits per heavy atom. The van der Waals surface area contributed by atoms with Crippen LogP contribution in [0.15, 0.2) is 18.2 Å². The van der Waals surface area contributed by atoms with Crippen molar-refractivity contribution in [1.82, 2.24) is 10.2 Å². The van der Waals surface area contributed by atoms with E-state index in [1.165, 1.54) is 0 Å². The Labute approximate surface area is 129 Å². The number of carbonyl (C=O) groups is 1. The highest BCUT2D eigenvalue weighted by Crippen LogP contribution is 2.20. The summed E-state index contributed by atoms with van der Waals surface area (Å²) in [5, 5.41) is 4.40. The van der Waals surface area contributed by atoms with Crippen LogP contribution in [-0.4, -0.2) is 30.9 Å². The van der Waals surface area contributed by atoms with E-state index in [1.54, 1.807) is 11.0 Å². The van der Waals surface area contributed by atoms with Crippen LogP contribution in [0.1, 0.15) is 12.0 Å². The predicted octanol–water partition coefficient (Wildman–Crippen LogP) is 2.98. The second-order valence-corrected chi connectivity index (χ2v) is 5.53. The smallest absolute Gasteiger partial charge is 0.227 e. The quantitative estimate of drug-likeness (QED) is 0.927. The van der Waals surface area contributed by atoms with Crippen LogP contribution in [0.5, 0.6) is 0 Å². The number of rotatable bonds is 3. The van der Waals surface area contributed by atoms with E-state index in [2.05, 4.69) is 5.32 Å². The monoisotopic (exact) mass is 322 g/mol. The summed E-state index contributed by atoms with van der Waals surface area (Å²) in [6.45, 7) is 2.24. The maximum absolute atomic E-state index is 12.1. The zero-order valence-corrected chi connectivity index (χ0v) is 13.0. The van der Waals surface area contributed by atoms with Gasteiger partial charge in [0.2, 0.25) is 5.91 Å². The second-order valence-electron chi connectivity index (χ2n) is 4.66. The summed E-state index contributed by atoms with van der Waals surface area (Å²) in [4.78, 5) is 13.9. The summed E-state index contributed by atoms with van der Waals surface area (Å²) in [7, 11) is 1.81. The highest BCUT2D eigenvalue weighted by molar-refractivity contribution is 6.34. The number of hydrogen-bond donors (Lipinski definition) is 1. The molecule has 0 bridgehead atoms. The van der Waals surface area contributed by atoms with Crippen LogP contribution < -0.4 is 5.32 Å². The van der Waals surface area contributed by atoms with Crippen molar-refractivity contribution < 1.29 is 4.79 Å². The topological polar surface area (TPSA) is 32.3 Å². The molecular formula is C13H17Cl3N2O. The molecule has 1 amide bonds. The van der Waals surface area contributed by atoms with Gasteiger partial charge in [-0.2, -0.15) is 0 Å². The third-order valence-corrected chi connectivity index (χ3v) is 3.56. The average molecular weight is 324 g/mol. The molecule has 1 atom stereocenters. The molecule has 0 aromatic heterocycles. The fourth-order valence-corrected chi connectivity index (χ4v) is 2.80. The Hall–Kier alpha value is -0.480. The van der Waals surface area contributed by atoms with Crippen LogP contribution in [0.2, 0.25) is 10.0 Å². The first-order valence-electron chi connectivity index (χ1n) is 5.97. The molecule has 1 unspecified atom stereocenters. The highest BCUT2D eigenvalue weighted by Gasteiger charge is 2.25. The van der Waals surface area contributed by atoms with Crippen LogP contribution >= 0.6 is 35.6 Å². The summed E-state index contributed by atoms with van der Waals surface area (Å²) in [5.41, 5.74) is 0.953. The number of benzene rings is 1. The van der Waals surface area contributed by atoms with Crippen LogP contribution in [-0.2, 0) is 11.3 Å². The predicted molar refractivity (Wildman–Crippen MR) is 81.2 cm³/mol. The first-order valence-corrected chi connectivity index (χ1v) is 6.72. The Balaban J connectivity index is 0.00000180. The molecule has 1 aliphatic heterocycles. The lowest BCUT2D eigenvalue weighted by atomic mass is 10.1. The van der Waals surface area contributed by atoms with Crippen LogP contribution in [0.25, 0.3) is 0 Å². The third kappa shape index (κ3) is 4.53. The van der Waals surface area contributed by atoms with E-state index in [9.17, 15) is 4.79 Å². The lowest BCUT2D eigenvalue weighted by Gasteiger charge is -2.21. The van der Waals surface area contributed by atoms with E-state index < -0.39 is 0 Å². The fraction of sp³-hybridized carbons (Fsp3) is 0.462. The molecule has 1 aliphatic rings. The molecule has 1 aromatic rings. The standard InChI is InChI=1S/C13H16Cl2N2O.ClH/c1-17(13(18)10-2-3-16-7-10)8-9-4-11(14)6-12(15)5-9;/h4-6,10,16H,2-3,7-8H2,1H3;1H. The van der Waals surface area contributed by atoms with Gasteiger partial charge in [0.15, 0.2) is 0 Å². The minimum Gasteiger partial charge on any atom is -0.341 e. The van der Waals surface area contributed by atoms with Crippen molar-refractivity contribution in [3.05, 3.63) is 33.8 Å². The number of hydrogen-bond acceptors (Lipinski definition) is 2. The van der Waals surface area contributed by atoms with Gasteiger partial charge in [0.1, 0.15) is 0 Å². The van der Waals surface area contributed by atoms with Gasteiger partial charge >= 0.3 is 0 Å². The molecule has 6 heteroatoms. The van der Waals surface area contributed by atoms with E-state index in [1.807, 2.05) is 19.2 Å². The molecule has 0 aliphatic carbocycles. The van der Waals surface area contributed by atoms with Crippen LogP contribution in [0.4, 0.5) is 0 Å². The Bertz CT molecular complexity index is 427. The van der Waals surface area contributed by atoms with Crippen molar-refractivity contribution in [2.75, 3.05) is 20.1 Å². The van der Waals surface area contributed by atoms with Crippen LogP contribution in [0, 0.1) is 5.92 Å². The summed E-state index contributed by atoms with van der Waals surface area (Å²) < 4.78 is 0. The van der Waals surface area contributed by atoms with E-state index >= 15 is 0 Å². The highest BCUT2D eigenvalue weighted by atomic mass is 35.5. The molecule has 0 spiro atoms. The van der Waals surface area contributed by atoms with Gasteiger partial charge in [0.25, 0.3) is 0 Å². The van der Waals surface area contributed by atoms with Gasteiger partial charge in [-0.05, 0) is 36.7 Å². The van der Waals surface area contributed by atoms with E-state index in [0.717, 1.165) is 25.1 Å². The van der Waals surface area contributed by atoms with Gasteiger partial charge < -0.3 is 10.2 Å². The first kappa shape index (κ1) is 16.6. The Kier molecular flexibility index (Phi) is 6.40. The average Bonchev–Trinajstić information content (AvgIpc) is 2.79. The second kappa shape index (κ2) is 7.34. The van der Waals surface area contributed by atoms with Crippen molar-refractivity contribution in [2.45, 2.75) is 13.0 Å². The molecule has 106 valence electrons. The van der Waals surface area contributed by atoms with Crippen molar-refractivity contribution in [3.63, 3.8) is 0 Å². The Morgan fingerprint density at radius 3 is 2.53 bits per heavy atom. The van der Waals surface area contributed by atoms with Gasteiger partial charge in [0.05, 0.1) is 5.92 Å². The van der Waals surface area contributed by atoms with Gasteiger partial charge in [-0.1, -0.05) is 23.2 Å². The summed E-state index contributed by atoms with van der Waals surface area (Å²) in [5.74, 6) is 0.278. The molecule has 19 heavy (non-hydrogen) atoms. The van der Waals surface area contributed by atoms with Crippen molar-refractivity contribution >= 4 is 41.5 Å². The summed E-state index contributed by atoms with van der Waals surface area (Å²) in [6.07, 6.45) is 0.916. The minimum absolute atomic E-state index is 0. The maximum atomic E-state index is 12.1. The molecular weight excluding hydrogens is 307 g/mol. The largest absolute Gasteiger partial charge is 0.341 e. The normalized spacial score (nSPS) is 17.9. The lowest BCUT2D eigenvalue weighted by Crippen LogP contribution is -2.33. The van der Waals surface area contributed by atoms with E-state index in [4.69, 9.17) is 23.2 Å². The van der Waals surface area contributed by atoms with E-state index in [-0.39, 0.29) is 24.2 Å². The molecule has 1 aromatic carbocycles. The van der Waals surface area contributed by atoms with E-state index in [0.29, 0.717) is 16.6 Å². The zero-order chi connectivity index (χ0) is 13.1. The van der Waals surface area contributed by atoms with Gasteiger partial charge in [0, 0.05) is 30.2 Å². The fourth-order valence-electron chi connectivity index (χ4n) is 2.23. The lowest BCUT2D eigenvalue weighted by molar-refractivity contribution is -0.134. The van der Waals surface area contributed by atoms with Crippen molar-refractivity contribution in [1.29, 1.82) is 0 Å². The van der Waals surface area contributed by atoms with Gasteiger partial charge in [-0.3, -0.25) is 4.79 Å². The molecule has 1 N–H and O–H groups in total. The number of halogens is 3. The third-order valence-electron chi connectivity index (χ3n) is 3.13. The Morgan fingerprint density at radius 2 is 2.00 bits per heavy atom. The zero-order valence-electron chi connectivity index (χ0n) is 10.7. The molecule has 3 nitrogen and oxygen atoms in total. The maximum Gasteiger partial charge on any atom is 0.227 e. The molecule has 2 rings (SSSR count). The molecule has 0 saturated carbocycles. The van der Waals surface area contributed by atoms with Crippen LogP contribution in [0.3, 0.4) is 0 Å². The summed E-state index contributed by atoms with van der Waals surface area (Å²) in [6, 6.07) is 5.36. The van der Waals surface area contributed by atoms with Gasteiger partial charge in [-0.25, -0.2) is 0 Å².